The van der Waals surface area contributed by atoms with Gasteiger partial charge in [0.25, 0.3) is 0 Å². The van der Waals surface area contributed by atoms with Gasteiger partial charge in [-0.2, -0.15) is 0 Å². The lowest BCUT2D eigenvalue weighted by Crippen LogP contribution is -2.19. The van der Waals surface area contributed by atoms with Crippen LogP contribution in [-0.2, 0) is 15.0 Å². The van der Waals surface area contributed by atoms with Crippen molar-refractivity contribution >= 4 is 11.9 Å². The molecule has 0 aliphatic rings. The van der Waals surface area contributed by atoms with Crippen molar-refractivity contribution in [3.8, 4) is 11.5 Å². The number of aliphatic hydroxyl groups is 2. The van der Waals surface area contributed by atoms with Crippen LogP contribution in [0.5, 0.6) is 11.5 Å². The van der Waals surface area contributed by atoms with Gasteiger partial charge >= 0.3 is 11.9 Å². The maximum absolute atomic E-state index is 9.55. The standard InChI is InChI=1S/C21H28O4.C4H4O4/c1-15(22)13-24-19-9-5-17(6-10-19)21(3,4)18-7-11-20(12-8-18)25-14-16(2)23;5-3(6)1-2-4(7)8/h5-12,15-16,22-23H,13-14H2,1-4H3;1-2H,(H,5,6)(H,7,8)/b;2-1+. The molecule has 2 rings (SSSR count). The monoisotopic (exact) mass is 460 g/mol. The number of ether oxygens (including phenoxy) is 2. The molecule has 8 nitrogen and oxygen atoms in total. The molecule has 4 N–H and O–H groups in total. The molecule has 0 amide bonds. The molecule has 0 aliphatic carbocycles. The summed E-state index contributed by atoms with van der Waals surface area (Å²) in [6.45, 7) is 8.32. The highest BCUT2D eigenvalue weighted by atomic mass is 16.5. The second-order valence-electron chi connectivity index (χ2n) is 8.00. The third-order valence-electron chi connectivity index (χ3n) is 4.50. The Bertz CT molecular complexity index is 824. The number of carboxylic acid groups (broad SMARTS) is 2. The summed E-state index contributed by atoms with van der Waals surface area (Å²) >= 11 is 0. The summed E-state index contributed by atoms with van der Waals surface area (Å²) in [5.74, 6) is -1.01. The van der Waals surface area contributed by atoms with Gasteiger partial charge in [0.2, 0.25) is 0 Å². The van der Waals surface area contributed by atoms with Crippen LogP contribution in [0.1, 0.15) is 38.8 Å². The Labute approximate surface area is 193 Å². The molecule has 0 bridgehead atoms. The zero-order valence-corrected chi connectivity index (χ0v) is 19.3. The first kappa shape index (κ1) is 27.7. The van der Waals surface area contributed by atoms with Crippen LogP contribution >= 0.6 is 0 Å². The van der Waals surface area contributed by atoms with Crippen LogP contribution in [0.15, 0.2) is 60.7 Å². The first-order chi connectivity index (χ1) is 15.4. The Morgan fingerprint density at radius 2 is 1.06 bits per heavy atom. The van der Waals surface area contributed by atoms with Crippen molar-refractivity contribution in [3.63, 3.8) is 0 Å². The van der Waals surface area contributed by atoms with Gasteiger partial charge in [0.1, 0.15) is 24.7 Å². The van der Waals surface area contributed by atoms with E-state index in [-0.39, 0.29) is 18.6 Å². The normalized spacial score (nSPS) is 12.9. The summed E-state index contributed by atoms with van der Waals surface area (Å²) in [4.78, 5) is 19.1. The Balaban J connectivity index is 0.000000582. The lowest BCUT2D eigenvalue weighted by molar-refractivity contribution is -0.134. The summed E-state index contributed by atoms with van der Waals surface area (Å²) in [6.07, 6.45) is 0.154. The van der Waals surface area contributed by atoms with E-state index >= 15 is 0 Å². The molecule has 2 unspecified atom stereocenters. The molecule has 0 spiro atoms. The summed E-state index contributed by atoms with van der Waals surface area (Å²) in [7, 11) is 0. The summed E-state index contributed by atoms with van der Waals surface area (Å²) in [5, 5.41) is 34.2. The number of benzene rings is 2. The van der Waals surface area contributed by atoms with E-state index < -0.39 is 24.1 Å². The second kappa shape index (κ2) is 13.2. The zero-order valence-electron chi connectivity index (χ0n) is 19.3. The maximum atomic E-state index is 9.55. The largest absolute Gasteiger partial charge is 0.491 e. The molecular weight excluding hydrogens is 428 g/mol. The van der Waals surface area contributed by atoms with E-state index in [1.807, 2.05) is 24.3 Å². The molecule has 0 radical (unpaired) electrons. The second-order valence-corrected chi connectivity index (χ2v) is 8.00. The van der Waals surface area contributed by atoms with Gasteiger partial charge < -0.3 is 29.9 Å². The van der Waals surface area contributed by atoms with E-state index in [0.717, 1.165) is 11.5 Å². The minimum atomic E-state index is -1.26. The van der Waals surface area contributed by atoms with Crippen LogP contribution in [0.4, 0.5) is 0 Å². The molecule has 8 heteroatoms. The Morgan fingerprint density at radius 1 is 0.758 bits per heavy atom. The summed E-state index contributed by atoms with van der Waals surface area (Å²) in [6, 6.07) is 15.9. The SMILES string of the molecule is CC(O)COc1ccc(C(C)(C)c2ccc(OCC(C)O)cc2)cc1.O=C(O)/C=C/C(=O)O. The van der Waals surface area contributed by atoms with E-state index in [4.69, 9.17) is 19.7 Å². The predicted molar refractivity (Wildman–Crippen MR) is 124 cm³/mol. The van der Waals surface area contributed by atoms with E-state index in [2.05, 4.69) is 38.1 Å². The molecule has 2 aromatic rings. The molecule has 0 saturated heterocycles. The fraction of sp³-hybridized carbons (Fsp3) is 0.360. The van der Waals surface area contributed by atoms with Gasteiger partial charge in [0.15, 0.2) is 0 Å². The Morgan fingerprint density at radius 3 is 1.30 bits per heavy atom. The molecule has 2 atom stereocenters. The van der Waals surface area contributed by atoms with Crippen molar-refractivity contribution in [2.75, 3.05) is 13.2 Å². The molecule has 0 aliphatic heterocycles. The highest BCUT2D eigenvalue weighted by molar-refractivity contribution is 5.89. The van der Waals surface area contributed by atoms with Crippen LogP contribution in [0, 0.1) is 0 Å². The maximum Gasteiger partial charge on any atom is 0.328 e. The Kier molecular flexibility index (Phi) is 11.1. The molecule has 0 heterocycles. The number of carbonyl (C=O) groups is 2. The molecule has 0 aromatic heterocycles. The zero-order chi connectivity index (χ0) is 25.0. The highest BCUT2D eigenvalue weighted by Gasteiger charge is 2.23. The number of hydrogen-bond donors (Lipinski definition) is 4. The summed E-state index contributed by atoms with van der Waals surface area (Å²) in [5.41, 5.74) is 2.19. The van der Waals surface area contributed by atoms with Crippen LogP contribution in [0.25, 0.3) is 0 Å². The highest BCUT2D eigenvalue weighted by Crippen LogP contribution is 2.33. The predicted octanol–water partition coefficient (Wildman–Crippen LogP) is 3.24. The van der Waals surface area contributed by atoms with E-state index in [1.165, 1.54) is 11.1 Å². The van der Waals surface area contributed by atoms with E-state index in [9.17, 15) is 19.8 Å². The molecular formula is C25H32O8. The molecule has 0 saturated carbocycles. The lowest BCUT2D eigenvalue weighted by Gasteiger charge is -2.26. The molecule has 0 fully saturated rings. The fourth-order valence-electron chi connectivity index (χ4n) is 2.68. The number of carboxylic acids is 2. The number of rotatable bonds is 10. The topological polar surface area (TPSA) is 134 Å². The number of aliphatic hydroxyl groups excluding tert-OH is 2. The van der Waals surface area contributed by atoms with Crippen molar-refractivity contribution in [2.24, 2.45) is 0 Å². The first-order valence-corrected chi connectivity index (χ1v) is 10.4. The summed E-state index contributed by atoms with van der Waals surface area (Å²) < 4.78 is 11.0. The van der Waals surface area contributed by atoms with Gasteiger partial charge in [0, 0.05) is 17.6 Å². The minimum absolute atomic E-state index is 0.161. The molecule has 180 valence electrons. The van der Waals surface area contributed by atoms with Crippen molar-refractivity contribution < 1.29 is 39.5 Å². The van der Waals surface area contributed by atoms with Gasteiger partial charge in [-0.05, 0) is 49.2 Å². The van der Waals surface area contributed by atoms with Gasteiger partial charge in [-0.25, -0.2) is 9.59 Å². The van der Waals surface area contributed by atoms with Crippen molar-refractivity contribution in [2.45, 2.75) is 45.3 Å². The van der Waals surface area contributed by atoms with Gasteiger partial charge in [-0.3, -0.25) is 0 Å². The van der Waals surface area contributed by atoms with Crippen molar-refractivity contribution in [3.05, 3.63) is 71.8 Å². The fourth-order valence-corrected chi connectivity index (χ4v) is 2.68. The van der Waals surface area contributed by atoms with Crippen LogP contribution < -0.4 is 9.47 Å². The van der Waals surface area contributed by atoms with Crippen LogP contribution in [-0.4, -0.2) is 57.8 Å². The molecule has 2 aromatic carbocycles. The van der Waals surface area contributed by atoms with E-state index in [1.54, 1.807) is 13.8 Å². The van der Waals surface area contributed by atoms with Crippen LogP contribution in [0.2, 0.25) is 0 Å². The molecule has 33 heavy (non-hydrogen) atoms. The smallest absolute Gasteiger partial charge is 0.328 e. The van der Waals surface area contributed by atoms with Gasteiger partial charge in [-0.1, -0.05) is 38.1 Å². The number of aliphatic carboxylic acids is 2. The van der Waals surface area contributed by atoms with Crippen LogP contribution in [0.3, 0.4) is 0 Å². The third-order valence-corrected chi connectivity index (χ3v) is 4.50. The third kappa shape index (κ3) is 10.7. The number of hydrogen-bond acceptors (Lipinski definition) is 6. The minimum Gasteiger partial charge on any atom is -0.491 e. The average Bonchev–Trinajstić information content (AvgIpc) is 2.76. The van der Waals surface area contributed by atoms with Gasteiger partial charge in [-0.15, -0.1) is 0 Å². The Hall–Kier alpha value is -3.36. The van der Waals surface area contributed by atoms with Crippen molar-refractivity contribution in [1.82, 2.24) is 0 Å². The first-order valence-electron chi connectivity index (χ1n) is 10.4. The van der Waals surface area contributed by atoms with Gasteiger partial charge in [0.05, 0.1) is 12.2 Å². The lowest BCUT2D eigenvalue weighted by atomic mass is 9.78. The average molecular weight is 461 g/mol. The quantitative estimate of drug-likeness (QED) is 0.397. The van der Waals surface area contributed by atoms with E-state index in [0.29, 0.717) is 12.2 Å². The van der Waals surface area contributed by atoms with Crippen molar-refractivity contribution in [1.29, 1.82) is 0 Å².